The Labute approximate surface area is 79.5 Å². The number of ketones is 1. The van der Waals surface area contributed by atoms with Crippen molar-refractivity contribution in [3.8, 4) is 0 Å². The van der Waals surface area contributed by atoms with Gasteiger partial charge >= 0.3 is 5.97 Å². The van der Waals surface area contributed by atoms with E-state index in [0.717, 1.165) is 0 Å². The van der Waals surface area contributed by atoms with E-state index in [9.17, 15) is 9.59 Å². The minimum Gasteiger partial charge on any atom is -0.455 e. The van der Waals surface area contributed by atoms with Crippen LogP contribution < -0.4 is 0 Å². The van der Waals surface area contributed by atoms with Crippen LogP contribution >= 0.6 is 0 Å². The molecule has 3 nitrogen and oxygen atoms in total. The predicted molar refractivity (Wildman–Crippen MR) is 50.3 cm³/mol. The third-order valence-electron chi connectivity index (χ3n) is 1.71. The Morgan fingerprint density at radius 1 is 1.31 bits per heavy atom. The molecule has 0 spiro atoms. The molecule has 0 bridgehead atoms. The highest BCUT2D eigenvalue weighted by atomic mass is 16.5. The summed E-state index contributed by atoms with van der Waals surface area (Å²) in [6.07, 6.45) is -0.325. The Bertz CT molecular complexity index is 201. The fourth-order valence-corrected chi connectivity index (χ4v) is 0.944. The van der Waals surface area contributed by atoms with Crippen molar-refractivity contribution < 1.29 is 14.3 Å². The van der Waals surface area contributed by atoms with Gasteiger partial charge in [0.2, 0.25) is 0 Å². The molecule has 1 unspecified atom stereocenters. The van der Waals surface area contributed by atoms with Crippen LogP contribution in [0.25, 0.3) is 0 Å². The van der Waals surface area contributed by atoms with Crippen molar-refractivity contribution in [1.82, 2.24) is 0 Å². The minimum atomic E-state index is -0.632. The topological polar surface area (TPSA) is 43.4 Å². The Kier molecular flexibility index (Phi) is 4.11. The van der Waals surface area contributed by atoms with Gasteiger partial charge in [-0.15, -0.1) is 0 Å². The summed E-state index contributed by atoms with van der Waals surface area (Å²) in [7, 11) is 0. The van der Waals surface area contributed by atoms with E-state index in [0.29, 0.717) is 6.42 Å². The zero-order valence-corrected chi connectivity index (χ0v) is 9.01. The molecule has 1 atom stereocenters. The zero-order valence-electron chi connectivity index (χ0n) is 9.01. The van der Waals surface area contributed by atoms with Crippen LogP contribution in [0.3, 0.4) is 0 Å². The Morgan fingerprint density at radius 3 is 2.08 bits per heavy atom. The lowest BCUT2D eigenvalue weighted by atomic mass is 9.88. The van der Waals surface area contributed by atoms with Crippen LogP contribution in [-0.2, 0) is 14.3 Å². The van der Waals surface area contributed by atoms with E-state index >= 15 is 0 Å². The lowest BCUT2D eigenvalue weighted by Crippen LogP contribution is -2.33. The molecule has 0 radical (unpaired) electrons. The average molecular weight is 186 g/mol. The average Bonchev–Trinajstić information content (AvgIpc) is 2.01. The van der Waals surface area contributed by atoms with Crippen molar-refractivity contribution in [2.75, 3.05) is 0 Å². The maximum Gasteiger partial charge on any atom is 0.306 e. The normalized spacial score (nSPS) is 13.6. The molecule has 3 heteroatoms. The highest BCUT2D eigenvalue weighted by Gasteiger charge is 2.28. The Hall–Kier alpha value is -0.860. The molecule has 0 aliphatic heterocycles. The quantitative estimate of drug-likeness (QED) is 0.633. The van der Waals surface area contributed by atoms with Crippen LogP contribution in [0.5, 0.6) is 0 Å². The number of ether oxygens (including phenoxy) is 1. The van der Waals surface area contributed by atoms with Gasteiger partial charge < -0.3 is 4.74 Å². The molecule has 76 valence electrons. The van der Waals surface area contributed by atoms with Gasteiger partial charge in [-0.25, -0.2) is 0 Å². The molecule has 0 amide bonds. The molecular weight excluding hydrogens is 168 g/mol. The number of hydrogen-bond acceptors (Lipinski definition) is 3. The number of carbonyl (C=O) groups is 2. The molecule has 0 saturated heterocycles. The van der Waals surface area contributed by atoms with Gasteiger partial charge in [0.15, 0.2) is 11.9 Å². The number of Topliss-reactive ketones (excluding diaryl/α,β-unsaturated/α-hetero) is 1. The lowest BCUT2D eigenvalue weighted by Gasteiger charge is -2.21. The van der Waals surface area contributed by atoms with Gasteiger partial charge in [0.25, 0.3) is 0 Å². The molecule has 0 N–H and O–H groups in total. The van der Waals surface area contributed by atoms with Crippen molar-refractivity contribution in [2.45, 2.75) is 47.1 Å². The van der Waals surface area contributed by atoms with Gasteiger partial charge in [-0.2, -0.15) is 0 Å². The third kappa shape index (κ3) is 4.06. The first-order valence-corrected chi connectivity index (χ1v) is 4.52. The minimum absolute atomic E-state index is 0.0469. The van der Waals surface area contributed by atoms with Crippen molar-refractivity contribution in [3.63, 3.8) is 0 Å². The summed E-state index contributed by atoms with van der Waals surface area (Å²) in [6.45, 7) is 8.75. The molecular formula is C10H18O3. The van der Waals surface area contributed by atoms with Gasteiger partial charge in [-0.1, -0.05) is 27.7 Å². The summed E-state index contributed by atoms with van der Waals surface area (Å²) >= 11 is 0. The zero-order chi connectivity index (χ0) is 10.6. The van der Waals surface area contributed by atoms with E-state index in [-0.39, 0.29) is 11.8 Å². The van der Waals surface area contributed by atoms with Crippen molar-refractivity contribution in [3.05, 3.63) is 0 Å². The fourth-order valence-electron chi connectivity index (χ4n) is 0.944. The second kappa shape index (κ2) is 4.40. The van der Waals surface area contributed by atoms with Crippen molar-refractivity contribution >= 4 is 11.8 Å². The largest absolute Gasteiger partial charge is 0.455 e. The SMILES string of the molecule is CCC(=O)OC(C)C(=O)C(C)(C)C. The molecule has 0 fully saturated rings. The summed E-state index contributed by atoms with van der Waals surface area (Å²) in [5, 5.41) is 0. The van der Waals surface area contributed by atoms with Gasteiger partial charge in [0.1, 0.15) is 0 Å². The van der Waals surface area contributed by atoms with E-state index in [1.807, 2.05) is 20.8 Å². The Morgan fingerprint density at radius 2 is 1.77 bits per heavy atom. The highest BCUT2D eigenvalue weighted by molar-refractivity contribution is 5.89. The first kappa shape index (κ1) is 12.1. The van der Waals surface area contributed by atoms with Crippen LogP contribution in [0.1, 0.15) is 41.0 Å². The maximum atomic E-state index is 11.5. The standard InChI is InChI=1S/C10H18O3/c1-6-8(11)13-7(2)9(12)10(3,4)5/h7H,6H2,1-5H3. The summed E-state index contributed by atoms with van der Waals surface area (Å²) < 4.78 is 4.90. The molecule has 0 aromatic heterocycles. The summed E-state index contributed by atoms with van der Waals surface area (Å²) in [5.41, 5.74) is -0.451. The molecule has 0 saturated carbocycles. The van der Waals surface area contributed by atoms with Gasteiger partial charge in [0.05, 0.1) is 0 Å². The molecule has 0 aliphatic rings. The number of rotatable bonds is 3. The summed E-state index contributed by atoms with van der Waals surface area (Å²) in [6, 6.07) is 0. The highest BCUT2D eigenvalue weighted by Crippen LogP contribution is 2.18. The van der Waals surface area contributed by atoms with Crippen LogP contribution in [0.15, 0.2) is 0 Å². The Balaban J connectivity index is 4.20. The van der Waals surface area contributed by atoms with E-state index in [4.69, 9.17) is 4.74 Å². The van der Waals surface area contributed by atoms with E-state index < -0.39 is 11.5 Å². The second-order valence-electron chi connectivity index (χ2n) is 4.10. The molecule has 0 rings (SSSR count). The number of esters is 1. The van der Waals surface area contributed by atoms with E-state index in [1.54, 1.807) is 13.8 Å². The molecule has 0 aromatic rings. The maximum absolute atomic E-state index is 11.5. The first-order chi connectivity index (χ1) is 5.79. The van der Waals surface area contributed by atoms with E-state index in [1.165, 1.54) is 0 Å². The lowest BCUT2D eigenvalue weighted by molar-refractivity contribution is -0.156. The molecule has 0 aliphatic carbocycles. The van der Waals surface area contributed by atoms with E-state index in [2.05, 4.69) is 0 Å². The smallest absolute Gasteiger partial charge is 0.306 e. The molecule has 13 heavy (non-hydrogen) atoms. The van der Waals surface area contributed by atoms with Crippen LogP contribution in [-0.4, -0.2) is 17.9 Å². The summed E-state index contributed by atoms with van der Waals surface area (Å²) in [5.74, 6) is -0.376. The first-order valence-electron chi connectivity index (χ1n) is 4.52. The van der Waals surface area contributed by atoms with Crippen LogP contribution in [0, 0.1) is 5.41 Å². The number of hydrogen-bond donors (Lipinski definition) is 0. The predicted octanol–water partition coefficient (Wildman–Crippen LogP) is 1.94. The van der Waals surface area contributed by atoms with Gasteiger partial charge in [-0.05, 0) is 6.92 Å². The van der Waals surface area contributed by atoms with Crippen LogP contribution in [0.4, 0.5) is 0 Å². The third-order valence-corrected chi connectivity index (χ3v) is 1.71. The van der Waals surface area contributed by atoms with Crippen molar-refractivity contribution in [2.24, 2.45) is 5.41 Å². The molecule has 0 heterocycles. The van der Waals surface area contributed by atoms with Crippen molar-refractivity contribution in [1.29, 1.82) is 0 Å². The monoisotopic (exact) mass is 186 g/mol. The molecule has 0 aromatic carbocycles. The van der Waals surface area contributed by atoms with Gasteiger partial charge in [-0.3, -0.25) is 9.59 Å². The fraction of sp³-hybridized carbons (Fsp3) is 0.800. The van der Waals surface area contributed by atoms with Crippen LogP contribution in [0.2, 0.25) is 0 Å². The van der Waals surface area contributed by atoms with Gasteiger partial charge in [0, 0.05) is 11.8 Å². The summed E-state index contributed by atoms with van der Waals surface area (Å²) in [4.78, 5) is 22.4. The number of carbonyl (C=O) groups excluding carboxylic acids is 2. The second-order valence-corrected chi connectivity index (χ2v) is 4.10.